The van der Waals surface area contributed by atoms with Gasteiger partial charge in [0.15, 0.2) is 12.4 Å². The third-order valence-electron chi connectivity index (χ3n) is 4.06. The van der Waals surface area contributed by atoms with E-state index in [0.717, 1.165) is 10.3 Å². The van der Waals surface area contributed by atoms with E-state index in [1.54, 1.807) is 24.8 Å². The summed E-state index contributed by atoms with van der Waals surface area (Å²) in [5.41, 5.74) is 3.58. The lowest BCUT2D eigenvalue weighted by molar-refractivity contribution is -0.605. The highest BCUT2D eigenvalue weighted by Gasteiger charge is 2.00. The van der Waals surface area contributed by atoms with Crippen molar-refractivity contribution in [3.63, 3.8) is 0 Å². The summed E-state index contributed by atoms with van der Waals surface area (Å²) in [5.74, 6) is 1.56. The zero-order valence-electron chi connectivity index (χ0n) is 23.8. The van der Waals surface area contributed by atoms with E-state index in [9.17, 15) is 5.21 Å². The summed E-state index contributed by atoms with van der Waals surface area (Å²) in [7, 11) is 0. The van der Waals surface area contributed by atoms with Gasteiger partial charge in [-0.3, -0.25) is 4.98 Å². The Balaban J connectivity index is -0.000000381. The van der Waals surface area contributed by atoms with Gasteiger partial charge in [0.1, 0.15) is 6.33 Å². The quantitative estimate of drug-likeness (QED) is 0.285. The Bertz CT molecular complexity index is 733. The van der Waals surface area contributed by atoms with Gasteiger partial charge in [-0.05, 0) is 41.0 Å². The molecule has 0 atom stereocenters. The molecule has 3 heterocycles. The Hall–Kier alpha value is -2.82. The summed E-state index contributed by atoms with van der Waals surface area (Å²) in [5, 5.41) is 10.7. The van der Waals surface area contributed by atoms with Crippen molar-refractivity contribution >= 4 is 0 Å². The summed E-state index contributed by atoms with van der Waals surface area (Å²) in [6, 6.07) is 7.79. The molecular weight excluding hydrogens is 420 g/mol. The van der Waals surface area contributed by atoms with E-state index in [2.05, 4.69) is 62.6 Å². The van der Waals surface area contributed by atoms with Crippen LogP contribution < -0.4 is 4.73 Å². The van der Waals surface area contributed by atoms with Crippen LogP contribution in [0.5, 0.6) is 0 Å². The van der Waals surface area contributed by atoms with Crippen molar-refractivity contribution < 1.29 is 4.73 Å². The molecule has 0 aliphatic rings. The van der Waals surface area contributed by atoms with Crippen molar-refractivity contribution in [1.29, 1.82) is 0 Å². The molecule has 3 aromatic rings. The van der Waals surface area contributed by atoms with Crippen LogP contribution in [0.2, 0.25) is 0 Å². The summed E-state index contributed by atoms with van der Waals surface area (Å²) in [4.78, 5) is 11.8. The third-order valence-corrected chi connectivity index (χ3v) is 4.06. The molecule has 0 spiro atoms. The maximum Gasteiger partial charge on any atom is 0.183 e. The summed E-state index contributed by atoms with van der Waals surface area (Å²) < 4.78 is 0.829. The van der Waals surface area contributed by atoms with Crippen LogP contribution in [0.4, 0.5) is 0 Å². The molecule has 5 nitrogen and oxygen atoms in total. The van der Waals surface area contributed by atoms with Crippen LogP contribution in [0.1, 0.15) is 118 Å². The van der Waals surface area contributed by atoms with Gasteiger partial charge >= 0.3 is 0 Å². The Morgan fingerprint density at radius 3 is 1.35 bits per heavy atom. The van der Waals surface area contributed by atoms with Crippen LogP contribution in [0, 0.1) is 5.21 Å². The Kier molecular flexibility index (Phi) is 26.1. The zero-order chi connectivity index (χ0) is 26.9. The highest BCUT2D eigenvalue weighted by molar-refractivity contribution is 5.12. The van der Waals surface area contributed by atoms with Crippen LogP contribution in [-0.4, -0.2) is 15.0 Å². The lowest BCUT2D eigenvalue weighted by Crippen LogP contribution is -2.24. The van der Waals surface area contributed by atoms with Crippen LogP contribution in [0.25, 0.3) is 0 Å². The zero-order valence-corrected chi connectivity index (χ0v) is 23.8. The second-order valence-corrected chi connectivity index (χ2v) is 7.42. The fourth-order valence-electron chi connectivity index (χ4n) is 2.14. The van der Waals surface area contributed by atoms with E-state index < -0.39 is 0 Å². The minimum absolute atomic E-state index is 0.432. The van der Waals surface area contributed by atoms with E-state index in [1.165, 1.54) is 17.3 Å². The molecule has 0 aliphatic carbocycles. The normalized spacial score (nSPS) is 8.91. The molecule has 0 aliphatic heterocycles. The van der Waals surface area contributed by atoms with Gasteiger partial charge in [-0.1, -0.05) is 89.2 Å². The van der Waals surface area contributed by atoms with Gasteiger partial charge in [0.2, 0.25) is 0 Å². The number of hydrogen-bond acceptors (Lipinski definition) is 4. The van der Waals surface area contributed by atoms with Crippen molar-refractivity contribution in [2.45, 2.75) is 101 Å². The number of pyridine rings is 2. The number of aromatic nitrogens is 4. The topological polar surface area (TPSA) is 65.6 Å². The molecule has 192 valence electrons. The lowest BCUT2D eigenvalue weighted by atomic mass is 10.1. The monoisotopic (exact) mass is 470 g/mol. The number of nitrogens with zero attached hydrogens (tertiary/aromatic N) is 4. The molecule has 0 unspecified atom stereocenters. The van der Waals surface area contributed by atoms with Crippen molar-refractivity contribution in [1.82, 2.24) is 15.0 Å². The summed E-state index contributed by atoms with van der Waals surface area (Å²) in [6.45, 7) is 24.7. The van der Waals surface area contributed by atoms with E-state index in [0.29, 0.717) is 17.8 Å². The van der Waals surface area contributed by atoms with Gasteiger partial charge in [0, 0.05) is 36.4 Å². The highest BCUT2D eigenvalue weighted by atomic mass is 16.5. The molecule has 3 aromatic heterocycles. The van der Waals surface area contributed by atoms with Crippen LogP contribution >= 0.6 is 0 Å². The molecule has 3 rings (SSSR count). The van der Waals surface area contributed by atoms with Crippen molar-refractivity contribution in [2.24, 2.45) is 0 Å². The van der Waals surface area contributed by atoms with E-state index in [-0.39, 0.29) is 0 Å². The summed E-state index contributed by atoms with van der Waals surface area (Å²) in [6.07, 6.45) is 12.0. The number of rotatable bonds is 3. The van der Waals surface area contributed by atoms with Gasteiger partial charge in [-0.15, -0.1) is 0 Å². The average molecular weight is 471 g/mol. The Labute approximate surface area is 210 Å². The molecule has 5 heteroatoms. The molecule has 0 aromatic carbocycles. The standard InChI is InChI=1S/C8H11NO.C8H11N.C7H10N2.3C2H6/c1-7(2)8-4-3-5-9(10)6-8;1-7(2)8-4-3-5-9-6-8;1-6(2)7-3-8-5-9-4-7;3*1-2/h3-7H,1-2H3;3-7H,1-2H3;3-6H,1-2H3;3*1-2H3. The maximum absolute atomic E-state index is 10.7. The second-order valence-electron chi connectivity index (χ2n) is 7.42. The van der Waals surface area contributed by atoms with Crippen LogP contribution in [-0.2, 0) is 0 Å². The largest absolute Gasteiger partial charge is 0.619 e. The number of hydrogen-bond donors (Lipinski definition) is 0. The lowest BCUT2D eigenvalue weighted by Gasteiger charge is -2.02. The predicted octanol–water partition coefficient (Wildman–Crippen LogP) is 8.33. The van der Waals surface area contributed by atoms with Crippen LogP contribution in [0.15, 0.2) is 67.8 Å². The van der Waals surface area contributed by atoms with Gasteiger partial charge in [-0.25, -0.2) is 9.97 Å². The minimum Gasteiger partial charge on any atom is -0.619 e. The first kappa shape index (κ1) is 35.8. The summed E-state index contributed by atoms with van der Waals surface area (Å²) >= 11 is 0. The molecule has 0 N–H and O–H groups in total. The SMILES string of the molecule is CC.CC.CC.CC(C)c1ccc[n+]([O-])c1.CC(C)c1cccnc1.CC(C)c1cncnc1. The fraction of sp³-hybridized carbons (Fsp3) is 0.517. The molecular formula is C29H50N4O. The molecule has 0 saturated carbocycles. The van der Waals surface area contributed by atoms with E-state index in [1.807, 2.05) is 72.3 Å². The highest BCUT2D eigenvalue weighted by Crippen LogP contribution is 2.11. The molecule has 0 saturated heterocycles. The van der Waals surface area contributed by atoms with Gasteiger partial charge in [0.25, 0.3) is 0 Å². The Morgan fingerprint density at radius 1 is 0.618 bits per heavy atom. The molecule has 34 heavy (non-hydrogen) atoms. The predicted molar refractivity (Wildman–Crippen MR) is 148 cm³/mol. The minimum atomic E-state index is 0.432. The second kappa shape index (κ2) is 24.8. The van der Waals surface area contributed by atoms with Crippen molar-refractivity contribution in [3.05, 3.63) is 89.7 Å². The molecule has 0 radical (unpaired) electrons. The first-order valence-electron chi connectivity index (χ1n) is 12.6. The third kappa shape index (κ3) is 18.7. The molecule has 0 fully saturated rings. The first-order chi connectivity index (χ1) is 16.3. The van der Waals surface area contributed by atoms with Crippen LogP contribution in [0.3, 0.4) is 0 Å². The maximum atomic E-state index is 10.7. The van der Waals surface area contributed by atoms with Gasteiger partial charge < -0.3 is 5.21 Å². The Morgan fingerprint density at radius 2 is 1.06 bits per heavy atom. The smallest absolute Gasteiger partial charge is 0.183 e. The average Bonchev–Trinajstić information content (AvgIpc) is 2.89. The first-order valence-corrected chi connectivity index (χ1v) is 12.6. The molecule has 0 bridgehead atoms. The van der Waals surface area contributed by atoms with Gasteiger partial charge in [-0.2, -0.15) is 4.73 Å². The van der Waals surface area contributed by atoms with Crippen molar-refractivity contribution in [3.8, 4) is 0 Å². The van der Waals surface area contributed by atoms with Crippen molar-refractivity contribution in [2.75, 3.05) is 0 Å². The van der Waals surface area contributed by atoms with Gasteiger partial charge in [0.05, 0.1) is 0 Å². The molecule has 0 amide bonds. The van der Waals surface area contributed by atoms with E-state index >= 15 is 0 Å². The fourth-order valence-corrected chi connectivity index (χ4v) is 2.14. The van der Waals surface area contributed by atoms with E-state index in [4.69, 9.17) is 0 Å².